The summed E-state index contributed by atoms with van der Waals surface area (Å²) in [5.74, 6) is -0.869. The molecule has 0 saturated carbocycles. The number of aliphatic carboxylic acids is 1. The average Bonchev–Trinajstić information content (AvgIpc) is 2.67. The Balaban J connectivity index is 2.36. The molecule has 1 aliphatic heterocycles. The van der Waals surface area contributed by atoms with Crippen LogP contribution in [0.3, 0.4) is 0 Å². The lowest BCUT2D eigenvalue weighted by Gasteiger charge is -2.25. The summed E-state index contributed by atoms with van der Waals surface area (Å²) in [5, 5.41) is 9.07. The predicted molar refractivity (Wildman–Crippen MR) is 86.1 cm³/mol. The first-order chi connectivity index (χ1) is 9.58. The molecule has 0 aliphatic carbocycles. The number of halogens is 1. The highest BCUT2D eigenvalue weighted by Gasteiger charge is 2.13. The Hall–Kier alpha value is -1.29. The summed E-state index contributed by atoms with van der Waals surface area (Å²) in [6, 6.07) is 6.09. The van der Waals surface area contributed by atoms with Crippen LogP contribution in [0.1, 0.15) is 38.2 Å². The molecule has 1 aromatic rings. The molecule has 1 fully saturated rings. The van der Waals surface area contributed by atoms with Gasteiger partial charge in [-0.15, -0.1) is 0 Å². The second-order valence-corrected chi connectivity index (χ2v) is 6.15. The van der Waals surface area contributed by atoms with Crippen molar-refractivity contribution in [3.8, 4) is 0 Å². The predicted octanol–water partition coefficient (Wildman–Crippen LogP) is 4.32. The van der Waals surface area contributed by atoms with Crippen LogP contribution in [-0.4, -0.2) is 24.2 Å². The van der Waals surface area contributed by atoms with E-state index < -0.39 is 5.97 Å². The maximum atomic E-state index is 11.0. The zero-order valence-electron chi connectivity index (χ0n) is 11.7. The fourth-order valence-corrected chi connectivity index (χ4v) is 2.91. The molecule has 1 N–H and O–H groups in total. The van der Waals surface area contributed by atoms with Gasteiger partial charge in [0.15, 0.2) is 0 Å². The van der Waals surface area contributed by atoms with Crippen molar-refractivity contribution in [2.24, 2.45) is 0 Å². The Labute approximate surface area is 128 Å². The van der Waals surface area contributed by atoms with Gasteiger partial charge in [-0.2, -0.15) is 0 Å². The van der Waals surface area contributed by atoms with Crippen molar-refractivity contribution in [2.45, 2.75) is 32.6 Å². The standard InChI is InChI=1S/C16H20BrNO2/c1-12(16(19)20)10-13-11-14(17)6-7-15(13)18-8-4-2-3-5-9-18/h6-7,10-11H,2-5,8-9H2,1H3,(H,19,20)/b12-10+. The number of carboxylic acid groups (broad SMARTS) is 1. The van der Waals surface area contributed by atoms with Gasteiger partial charge >= 0.3 is 5.97 Å². The summed E-state index contributed by atoms with van der Waals surface area (Å²) >= 11 is 3.47. The van der Waals surface area contributed by atoms with Crippen LogP contribution in [0, 0.1) is 0 Å². The molecule has 1 heterocycles. The van der Waals surface area contributed by atoms with E-state index in [1.165, 1.54) is 25.7 Å². The van der Waals surface area contributed by atoms with Gasteiger partial charge in [0.2, 0.25) is 0 Å². The number of hydrogen-bond donors (Lipinski definition) is 1. The number of nitrogens with zero attached hydrogens (tertiary/aromatic N) is 1. The molecule has 0 unspecified atom stereocenters. The molecule has 0 amide bonds. The fraction of sp³-hybridized carbons (Fsp3) is 0.438. The smallest absolute Gasteiger partial charge is 0.331 e. The molecule has 20 heavy (non-hydrogen) atoms. The number of rotatable bonds is 3. The van der Waals surface area contributed by atoms with Gasteiger partial charge in [0.25, 0.3) is 0 Å². The summed E-state index contributed by atoms with van der Waals surface area (Å²) in [5.41, 5.74) is 2.47. The van der Waals surface area contributed by atoms with Gasteiger partial charge in [-0.1, -0.05) is 28.8 Å². The molecule has 0 bridgehead atoms. The van der Waals surface area contributed by atoms with Crippen LogP contribution >= 0.6 is 15.9 Å². The van der Waals surface area contributed by atoms with Gasteiger partial charge in [-0.05, 0) is 49.6 Å². The molecule has 3 nitrogen and oxygen atoms in total. The van der Waals surface area contributed by atoms with Crippen LogP contribution < -0.4 is 4.90 Å². The number of hydrogen-bond acceptors (Lipinski definition) is 2. The first-order valence-corrected chi connectivity index (χ1v) is 7.83. The van der Waals surface area contributed by atoms with Crippen LogP contribution in [-0.2, 0) is 4.79 Å². The Morgan fingerprint density at radius 3 is 2.50 bits per heavy atom. The molecule has 4 heteroatoms. The van der Waals surface area contributed by atoms with Gasteiger partial charge in [0, 0.05) is 28.8 Å². The summed E-state index contributed by atoms with van der Waals surface area (Å²) < 4.78 is 0.973. The van der Waals surface area contributed by atoms with Crippen LogP contribution in [0.4, 0.5) is 5.69 Å². The van der Waals surface area contributed by atoms with Crippen LogP contribution in [0.15, 0.2) is 28.2 Å². The summed E-state index contributed by atoms with van der Waals surface area (Å²) in [4.78, 5) is 13.4. The molecule has 108 valence electrons. The lowest BCUT2D eigenvalue weighted by Crippen LogP contribution is -2.24. The van der Waals surface area contributed by atoms with Crippen molar-refractivity contribution < 1.29 is 9.90 Å². The maximum absolute atomic E-state index is 11.0. The van der Waals surface area contributed by atoms with Gasteiger partial charge in [-0.3, -0.25) is 0 Å². The summed E-state index contributed by atoms with van der Waals surface area (Å²) in [6.45, 7) is 3.73. The van der Waals surface area contributed by atoms with Crippen LogP contribution in [0.5, 0.6) is 0 Å². The van der Waals surface area contributed by atoms with E-state index in [-0.39, 0.29) is 0 Å². The molecular weight excluding hydrogens is 318 g/mol. The number of carbonyl (C=O) groups is 1. The average molecular weight is 338 g/mol. The maximum Gasteiger partial charge on any atom is 0.331 e. The van der Waals surface area contributed by atoms with Gasteiger partial charge in [0.1, 0.15) is 0 Å². The third-order valence-corrected chi connectivity index (χ3v) is 4.14. The number of anilines is 1. The van der Waals surface area contributed by atoms with E-state index in [1.54, 1.807) is 13.0 Å². The minimum absolute atomic E-state index is 0.360. The third-order valence-electron chi connectivity index (χ3n) is 3.65. The van der Waals surface area contributed by atoms with Gasteiger partial charge < -0.3 is 10.0 Å². The van der Waals surface area contributed by atoms with E-state index in [2.05, 4.69) is 26.9 Å². The second kappa shape index (κ2) is 6.93. The van der Waals surface area contributed by atoms with Gasteiger partial charge in [0.05, 0.1) is 0 Å². The first kappa shape index (κ1) is 15.1. The zero-order chi connectivity index (χ0) is 14.5. The van der Waals surface area contributed by atoms with E-state index in [4.69, 9.17) is 5.11 Å². The molecule has 0 radical (unpaired) electrons. The highest BCUT2D eigenvalue weighted by atomic mass is 79.9. The highest BCUT2D eigenvalue weighted by molar-refractivity contribution is 9.10. The van der Waals surface area contributed by atoms with Crippen molar-refractivity contribution in [3.63, 3.8) is 0 Å². The Bertz CT molecular complexity index is 517. The van der Waals surface area contributed by atoms with Crippen molar-refractivity contribution in [1.29, 1.82) is 0 Å². The quantitative estimate of drug-likeness (QED) is 0.835. The third kappa shape index (κ3) is 3.85. The molecule has 0 atom stereocenters. The molecule has 2 rings (SSSR count). The number of carboxylic acids is 1. The second-order valence-electron chi connectivity index (χ2n) is 5.24. The fourth-order valence-electron chi connectivity index (χ4n) is 2.54. The zero-order valence-corrected chi connectivity index (χ0v) is 13.3. The Morgan fingerprint density at radius 1 is 1.25 bits per heavy atom. The SMILES string of the molecule is C/C(=C\c1cc(Br)ccc1N1CCCCCC1)C(=O)O. The van der Waals surface area contributed by atoms with Crippen LogP contribution in [0.2, 0.25) is 0 Å². The highest BCUT2D eigenvalue weighted by Crippen LogP contribution is 2.28. The van der Waals surface area contributed by atoms with Crippen molar-refractivity contribution >= 4 is 33.7 Å². The van der Waals surface area contributed by atoms with E-state index in [9.17, 15) is 4.79 Å². The monoisotopic (exact) mass is 337 g/mol. The first-order valence-electron chi connectivity index (χ1n) is 7.04. The van der Waals surface area contributed by atoms with Crippen molar-refractivity contribution in [1.82, 2.24) is 0 Å². The van der Waals surface area contributed by atoms with E-state index in [0.29, 0.717) is 5.57 Å². The molecule has 0 spiro atoms. The summed E-state index contributed by atoms with van der Waals surface area (Å²) in [6.07, 6.45) is 6.74. The van der Waals surface area contributed by atoms with Crippen LogP contribution in [0.25, 0.3) is 6.08 Å². The lowest BCUT2D eigenvalue weighted by molar-refractivity contribution is -0.132. The Morgan fingerprint density at radius 2 is 1.90 bits per heavy atom. The minimum Gasteiger partial charge on any atom is -0.478 e. The van der Waals surface area contributed by atoms with Crippen molar-refractivity contribution in [3.05, 3.63) is 33.8 Å². The minimum atomic E-state index is -0.869. The largest absolute Gasteiger partial charge is 0.478 e. The Kier molecular flexibility index (Phi) is 5.24. The van der Waals surface area contributed by atoms with Gasteiger partial charge in [-0.25, -0.2) is 4.79 Å². The molecule has 1 aromatic carbocycles. The molecular formula is C16H20BrNO2. The topological polar surface area (TPSA) is 40.5 Å². The van der Waals surface area contributed by atoms with Crippen molar-refractivity contribution in [2.75, 3.05) is 18.0 Å². The normalized spacial score (nSPS) is 16.9. The molecule has 1 saturated heterocycles. The molecule has 1 aliphatic rings. The summed E-state index contributed by atoms with van der Waals surface area (Å²) in [7, 11) is 0. The van der Waals surface area contributed by atoms with E-state index >= 15 is 0 Å². The number of benzene rings is 1. The lowest BCUT2D eigenvalue weighted by atomic mass is 10.1. The van der Waals surface area contributed by atoms with E-state index in [0.717, 1.165) is 28.8 Å². The molecule has 0 aromatic heterocycles. The van der Waals surface area contributed by atoms with E-state index in [1.807, 2.05) is 12.1 Å².